The van der Waals surface area contributed by atoms with Gasteiger partial charge in [-0.2, -0.15) is 16.1 Å². The predicted octanol–water partition coefficient (Wildman–Crippen LogP) is 1.40. The molecule has 2 heterocycles. The normalized spacial score (nSPS) is 20.9. The number of nitrogens with zero attached hydrogens (tertiary/aromatic N) is 2. The Kier molecular flexibility index (Phi) is 4.83. The lowest BCUT2D eigenvalue weighted by atomic mass is 10.4. The average molecular weight is 261 g/mol. The molecule has 0 aromatic carbocycles. The average Bonchev–Trinajstić information content (AvgIpc) is 2.79. The van der Waals surface area contributed by atoms with Crippen LogP contribution >= 0.6 is 23.3 Å². The number of methoxy groups -OCH3 is 1. The Bertz CT molecular complexity index is 315. The van der Waals surface area contributed by atoms with Crippen molar-refractivity contribution in [2.75, 3.05) is 43.7 Å². The molecule has 1 aliphatic rings. The first-order valence-electron chi connectivity index (χ1n) is 5.16. The van der Waals surface area contributed by atoms with E-state index in [9.17, 15) is 0 Å². The molecule has 1 atom stereocenters. The standard InChI is InChI=1S/C9H15N3O2S2/c1-13-3-2-10-9-11-8(12-16-9)7-6-15-5-4-14-7/h7H,2-6H2,1H3,(H,10,11,12). The van der Waals surface area contributed by atoms with Crippen LogP contribution in [0, 0.1) is 0 Å². The molecule has 2 rings (SSSR count). The van der Waals surface area contributed by atoms with Gasteiger partial charge in [-0.25, -0.2) is 4.98 Å². The third kappa shape index (κ3) is 3.31. The minimum atomic E-state index is 0.0629. The molecular formula is C9H15N3O2S2. The van der Waals surface area contributed by atoms with Gasteiger partial charge in [-0.15, -0.1) is 0 Å². The molecule has 1 saturated heterocycles. The molecule has 0 amide bonds. The van der Waals surface area contributed by atoms with Gasteiger partial charge in [0, 0.05) is 36.7 Å². The van der Waals surface area contributed by atoms with Gasteiger partial charge in [-0.1, -0.05) is 0 Å². The minimum Gasteiger partial charge on any atom is -0.383 e. The second-order valence-corrected chi connectivity index (χ2v) is 5.21. The molecule has 90 valence electrons. The number of aromatic nitrogens is 2. The zero-order chi connectivity index (χ0) is 11.2. The van der Waals surface area contributed by atoms with E-state index in [-0.39, 0.29) is 6.10 Å². The maximum atomic E-state index is 5.61. The van der Waals surface area contributed by atoms with Crippen molar-refractivity contribution in [3.05, 3.63) is 5.82 Å². The molecule has 0 radical (unpaired) electrons. The van der Waals surface area contributed by atoms with Crippen LogP contribution in [0.2, 0.25) is 0 Å². The number of thioether (sulfide) groups is 1. The lowest BCUT2D eigenvalue weighted by Gasteiger charge is -2.19. The zero-order valence-electron chi connectivity index (χ0n) is 9.14. The Labute approximate surface area is 103 Å². The van der Waals surface area contributed by atoms with E-state index in [2.05, 4.69) is 14.7 Å². The highest BCUT2D eigenvalue weighted by Crippen LogP contribution is 2.26. The quantitative estimate of drug-likeness (QED) is 0.809. The van der Waals surface area contributed by atoms with Crippen LogP contribution in [0.5, 0.6) is 0 Å². The molecule has 1 aromatic rings. The third-order valence-corrected chi connectivity index (χ3v) is 3.81. The van der Waals surface area contributed by atoms with Crippen molar-refractivity contribution in [2.24, 2.45) is 0 Å². The van der Waals surface area contributed by atoms with Gasteiger partial charge < -0.3 is 14.8 Å². The summed E-state index contributed by atoms with van der Waals surface area (Å²) >= 11 is 3.26. The summed E-state index contributed by atoms with van der Waals surface area (Å²) in [5.74, 6) is 2.82. The van der Waals surface area contributed by atoms with Gasteiger partial charge in [0.1, 0.15) is 6.10 Å². The van der Waals surface area contributed by atoms with Crippen molar-refractivity contribution in [3.8, 4) is 0 Å². The second-order valence-electron chi connectivity index (χ2n) is 3.31. The van der Waals surface area contributed by atoms with E-state index in [0.717, 1.165) is 35.6 Å². The highest BCUT2D eigenvalue weighted by atomic mass is 32.2. The van der Waals surface area contributed by atoms with Crippen molar-refractivity contribution < 1.29 is 9.47 Å². The molecule has 0 aliphatic carbocycles. The predicted molar refractivity (Wildman–Crippen MR) is 66.3 cm³/mol. The summed E-state index contributed by atoms with van der Waals surface area (Å²) in [5.41, 5.74) is 0. The Hall–Kier alpha value is -0.370. The number of nitrogens with one attached hydrogen (secondary N) is 1. The number of hydrogen-bond donors (Lipinski definition) is 1. The van der Waals surface area contributed by atoms with E-state index in [1.807, 2.05) is 11.8 Å². The smallest absolute Gasteiger partial charge is 0.202 e. The summed E-state index contributed by atoms with van der Waals surface area (Å²) in [7, 11) is 1.68. The summed E-state index contributed by atoms with van der Waals surface area (Å²) < 4.78 is 14.9. The molecule has 5 nitrogen and oxygen atoms in total. The Morgan fingerprint density at radius 2 is 2.56 bits per heavy atom. The number of ether oxygens (including phenoxy) is 2. The first-order chi connectivity index (χ1) is 7.90. The molecule has 0 bridgehead atoms. The van der Waals surface area contributed by atoms with Crippen LogP contribution in [0.25, 0.3) is 0 Å². The van der Waals surface area contributed by atoms with E-state index in [0.29, 0.717) is 6.61 Å². The minimum absolute atomic E-state index is 0.0629. The fraction of sp³-hybridized carbons (Fsp3) is 0.778. The molecule has 1 aliphatic heterocycles. The first kappa shape index (κ1) is 12.1. The Morgan fingerprint density at radius 1 is 1.62 bits per heavy atom. The molecule has 1 fully saturated rings. The topological polar surface area (TPSA) is 56.3 Å². The second kappa shape index (κ2) is 6.39. The number of rotatable bonds is 5. The molecule has 16 heavy (non-hydrogen) atoms. The van der Waals surface area contributed by atoms with Crippen LogP contribution in [-0.4, -0.2) is 47.7 Å². The highest BCUT2D eigenvalue weighted by Gasteiger charge is 2.20. The maximum Gasteiger partial charge on any atom is 0.202 e. The first-order valence-corrected chi connectivity index (χ1v) is 7.08. The fourth-order valence-electron chi connectivity index (χ4n) is 1.33. The lowest BCUT2D eigenvalue weighted by Crippen LogP contribution is -2.16. The maximum absolute atomic E-state index is 5.61. The van der Waals surface area contributed by atoms with Crippen molar-refractivity contribution in [1.82, 2.24) is 9.36 Å². The van der Waals surface area contributed by atoms with Crippen molar-refractivity contribution in [2.45, 2.75) is 6.10 Å². The summed E-state index contributed by atoms with van der Waals surface area (Å²) in [5, 5.41) is 4.00. The van der Waals surface area contributed by atoms with Crippen molar-refractivity contribution in [1.29, 1.82) is 0 Å². The van der Waals surface area contributed by atoms with E-state index < -0.39 is 0 Å². The molecule has 7 heteroatoms. The summed E-state index contributed by atoms with van der Waals surface area (Å²) in [6.45, 7) is 2.22. The van der Waals surface area contributed by atoms with Crippen LogP contribution in [-0.2, 0) is 9.47 Å². The fourth-order valence-corrected chi connectivity index (χ4v) is 2.81. The molecule has 0 spiro atoms. The van der Waals surface area contributed by atoms with Crippen LogP contribution < -0.4 is 5.32 Å². The SMILES string of the molecule is COCCNc1nc(C2CSCCO2)ns1. The summed E-state index contributed by atoms with van der Waals surface area (Å²) in [4.78, 5) is 4.41. The highest BCUT2D eigenvalue weighted by molar-refractivity contribution is 7.99. The van der Waals surface area contributed by atoms with E-state index in [1.165, 1.54) is 11.5 Å². The molecule has 1 unspecified atom stereocenters. The monoisotopic (exact) mass is 261 g/mol. The molecule has 0 saturated carbocycles. The van der Waals surface area contributed by atoms with Gasteiger partial charge in [-0.3, -0.25) is 0 Å². The largest absolute Gasteiger partial charge is 0.383 e. The van der Waals surface area contributed by atoms with Gasteiger partial charge in [0.25, 0.3) is 0 Å². The van der Waals surface area contributed by atoms with Gasteiger partial charge in [0.05, 0.1) is 13.2 Å². The van der Waals surface area contributed by atoms with Crippen LogP contribution in [0.15, 0.2) is 0 Å². The van der Waals surface area contributed by atoms with Gasteiger partial charge >= 0.3 is 0 Å². The van der Waals surface area contributed by atoms with Crippen LogP contribution in [0.3, 0.4) is 0 Å². The summed E-state index contributed by atoms with van der Waals surface area (Å²) in [6, 6.07) is 0. The van der Waals surface area contributed by atoms with Crippen LogP contribution in [0.1, 0.15) is 11.9 Å². The molecule has 1 N–H and O–H groups in total. The third-order valence-electron chi connectivity index (χ3n) is 2.13. The van der Waals surface area contributed by atoms with E-state index in [4.69, 9.17) is 9.47 Å². The number of hydrogen-bond acceptors (Lipinski definition) is 7. The van der Waals surface area contributed by atoms with Crippen molar-refractivity contribution in [3.63, 3.8) is 0 Å². The van der Waals surface area contributed by atoms with Crippen LogP contribution in [0.4, 0.5) is 5.13 Å². The Balaban J connectivity index is 1.85. The zero-order valence-corrected chi connectivity index (χ0v) is 10.8. The van der Waals surface area contributed by atoms with E-state index >= 15 is 0 Å². The molecular weight excluding hydrogens is 246 g/mol. The van der Waals surface area contributed by atoms with Gasteiger partial charge in [0.2, 0.25) is 5.13 Å². The Morgan fingerprint density at radius 3 is 3.31 bits per heavy atom. The lowest BCUT2D eigenvalue weighted by molar-refractivity contribution is 0.0704. The van der Waals surface area contributed by atoms with Crippen molar-refractivity contribution >= 4 is 28.4 Å². The summed E-state index contributed by atoms with van der Waals surface area (Å²) in [6.07, 6.45) is 0.0629. The number of anilines is 1. The molecule has 1 aromatic heterocycles. The van der Waals surface area contributed by atoms with E-state index in [1.54, 1.807) is 7.11 Å². The van der Waals surface area contributed by atoms with Gasteiger partial charge in [0.15, 0.2) is 5.82 Å². The van der Waals surface area contributed by atoms with Gasteiger partial charge in [-0.05, 0) is 0 Å².